The number of hydrogen-bond acceptors (Lipinski definition) is 2. The molecule has 0 fully saturated rings. The van der Waals surface area contributed by atoms with E-state index < -0.39 is 11.8 Å². The first-order valence-electron chi connectivity index (χ1n) is 4.80. The Bertz CT molecular complexity index is 375. The molecule has 0 saturated carbocycles. The monoisotopic (exact) mass is 206 g/mol. The smallest absolute Gasteiger partial charge is 0.313 e. The molecular formula is C11H14N2O2. The predicted molar refractivity (Wildman–Crippen MR) is 58.5 cm³/mol. The third kappa shape index (κ3) is 2.80. The van der Waals surface area contributed by atoms with Gasteiger partial charge in [0.25, 0.3) is 0 Å². The molecule has 4 heteroatoms. The van der Waals surface area contributed by atoms with Gasteiger partial charge in [0.15, 0.2) is 0 Å². The largest absolute Gasteiger partial charge is 0.351 e. The van der Waals surface area contributed by atoms with Crippen molar-refractivity contribution in [2.45, 2.75) is 13.3 Å². The Morgan fingerprint density at radius 1 is 1.20 bits per heavy atom. The zero-order chi connectivity index (χ0) is 11.3. The van der Waals surface area contributed by atoms with Gasteiger partial charge in [0.1, 0.15) is 0 Å². The number of para-hydroxylation sites is 1. The summed E-state index contributed by atoms with van der Waals surface area (Å²) in [5.41, 5.74) is 1.70. The Hall–Kier alpha value is -1.84. The topological polar surface area (TPSA) is 58.2 Å². The number of rotatable bonds is 2. The minimum absolute atomic E-state index is 0.638. The molecule has 0 bridgehead atoms. The van der Waals surface area contributed by atoms with E-state index in [0.717, 1.165) is 12.0 Å². The number of carbonyl (C=O) groups is 2. The Morgan fingerprint density at radius 2 is 1.87 bits per heavy atom. The number of benzene rings is 1. The van der Waals surface area contributed by atoms with E-state index in [-0.39, 0.29) is 0 Å². The molecule has 0 atom stereocenters. The lowest BCUT2D eigenvalue weighted by molar-refractivity contribution is -0.135. The highest BCUT2D eigenvalue weighted by Crippen LogP contribution is 2.14. The SMILES string of the molecule is CCc1ccccc1NC(=O)C(=O)NC. The lowest BCUT2D eigenvalue weighted by atomic mass is 10.1. The first kappa shape index (κ1) is 11.2. The first-order valence-corrected chi connectivity index (χ1v) is 4.80. The molecule has 1 aromatic carbocycles. The van der Waals surface area contributed by atoms with Crippen molar-refractivity contribution >= 4 is 17.5 Å². The minimum atomic E-state index is -0.640. The van der Waals surface area contributed by atoms with Crippen LogP contribution in [0.1, 0.15) is 12.5 Å². The molecule has 0 radical (unpaired) electrons. The van der Waals surface area contributed by atoms with Gasteiger partial charge in [-0.15, -0.1) is 0 Å². The summed E-state index contributed by atoms with van der Waals surface area (Å²) >= 11 is 0. The molecule has 80 valence electrons. The van der Waals surface area contributed by atoms with Crippen LogP contribution in [0.15, 0.2) is 24.3 Å². The summed E-state index contributed by atoms with van der Waals surface area (Å²) in [6.45, 7) is 1.99. The van der Waals surface area contributed by atoms with Crippen molar-refractivity contribution in [2.24, 2.45) is 0 Å². The van der Waals surface area contributed by atoms with Crippen molar-refractivity contribution in [1.82, 2.24) is 5.32 Å². The lowest BCUT2D eigenvalue weighted by Crippen LogP contribution is -2.32. The van der Waals surface area contributed by atoms with Crippen LogP contribution in [0.4, 0.5) is 5.69 Å². The number of anilines is 1. The van der Waals surface area contributed by atoms with Crippen LogP contribution in [0, 0.1) is 0 Å². The molecule has 0 saturated heterocycles. The van der Waals surface area contributed by atoms with Gasteiger partial charge in [-0.2, -0.15) is 0 Å². The van der Waals surface area contributed by atoms with Gasteiger partial charge < -0.3 is 10.6 Å². The standard InChI is InChI=1S/C11H14N2O2/c1-3-8-6-4-5-7-9(8)13-11(15)10(14)12-2/h4-7H,3H2,1-2H3,(H,12,14)(H,13,15). The fraction of sp³-hybridized carbons (Fsp3) is 0.273. The molecular weight excluding hydrogens is 192 g/mol. The van der Waals surface area contributed by atoms with E-state index in [1.807, 2.05) is 25.1 Å². The average Bonchev–Trinajstić information content (AvgIpc) is 2.28. The zero-order valence-corrected chi connectivity index (χ0v) is 8.83. The molecule has 15 heavy (non-hydrogen) atoms. The normalized spacial score (nSPS) is 9.47. The molecule has 2 N–H and O–H groups in total. The number of carbonyl (C=O) groups excluding carboxylic acids is 2. The van der Waals surface area contributed by atoms with Crippen molar-refractivity contribution in [3.63, 3.8) is 0 Å². The second kappa shape index (κ2) is 5.14. The zero-order valence-electron chi connectivity index (χ0n) is 8.83. The van der Waals surface area contributed by atoms with Crippen molar-refractivity contribution in [3.05, 3.63) is 29.8 Å². The van der Waals surface area contributed by atoms with Crippen molar-refractivity contribution in [1.29, 1.82) is 0 Å². The fourth-order valence-electron chi connectivity index (χ4n) is 1.24. The summed E-state index contributed by atoms with van der Waals surface area (Å²) in [6, 6.07) is 7.41. The Morgan fingerprint density at radius 3 is 2.47 bits per heavy atom. The molecule has 1 rings (SSSR count). The Balaban J connectivity index is 2.80. The molecule has 0 spiro atoms. The Kier molecular flexibility index (Phi) is 3.85. The van der Waals surface area contributed by atoms with Gasteiger partial charge in [-0.1, -0.05) is 25.1 Å². The van der Waals surface area contributed by atoms with Gasteiger partial charge in [0.2, 0.25) is 0 Å². The number of aryl methyl sites for hydroxylation is 1. The maximum atomic E-state index is 11.3. The van der Waals surface area contributed by atoms with Crippen LogP contribution in [-0.2, 0) is 16.0 Å². The Labute approximate surface area is 88.7 Å². The summed E-state index contributed by atoms with van der Waals surface area (Å²) in [4.78, 5) is 22.3. The number of hydrogen-bond donors (Lipinski definition) is 2. The maximum Gasteiger partial charge on any atom is 0.313 e. The second-order valence-electron chi connectivity index (χ2n) is 3.04. The van der Waals surface area contributed by atoms with Crippen LogP contribution < -0.4 is 10.6 Å². The van der Waals surface area contributed by atoms with E-state index in [1.165, 1.54) is 7.05 Å². The van der Waals surface area contributed by atoms with Gasteiger partial charge in [-0.3, -0.25) is 9.59 Å². The third-order valence-corrected chi connectivity index (χ3v) is 2.08. The van der Waals surface area contributed by atoms with Crippen LogP contribution in [0.25, 0.3) is 0 Å². The first-order chi connectivity index (χ1) is 7.19. The summed E-state index contributed by atoms with van der Waals surface area (Å²) in [5, 5.41) is 4.83. The van der Waals surface area contributed by atoms with Crippen LogP contribution in [0.2, 0.25) is 0 Å². The van der Waals surface area contributed by atoms with Crippen molar-refractivity contribution < 1.29 is 9.59 Å². The molecule has 0 aliphatic rings. The number of nitrogens with one attached hydrogen (secondary N) is 2. The van der Waals surface area contributed by atoms with Crippen LogP contribution in [-0.4, -0.2) is 18.9 Å². The van der Waals surface area contributed by atoms with E-state index in [1.54, 1.807) is 6.07 Å². The van der Waals surface area contributed by atoms with Gasteiger partial charge in [0, 0.05) is 12.7 Å². The molecule has 0 unspecified atom stereocenters. The molecule has 4 nitrogen and oxygen atoms in total. The van der Waals surface area contributed by atoms with Crippen molar-refractivity contribution in [3.8, 4) is 0 Å². The fourth-order valence-corrected chi connectivity index (χ4v) is 1.24. The van der Waals surface area contributed by atoms with Crippen LogP contribution in [0.5, 0.6) is 0 Å². The third-order valence-electron chi connectivity index (χ3n) is 2.08. The molecule has 1 aromatic rings. The highest BCUT2D eigenvalue weighted by atomic mass is 16.2. The van der Waals surface area contributed by atoms with E-state index in [9.17, 15) is 9.59 Å². The predicted octanol–water partition coefficient (Wildman–Crippen LogP) is 0.933. The lowest BCUT2D eigenvalue weighted by Gasteiger charge is -2.08. The van der Waals surface area contributed by atoms with Crippen molar-refractivity contribution in [2.75, 3.05) is 12.4 Å². The second-order valence-corrected chi connectivity index (χ2v) is 3.04. The van der Waals surface area contributed by atoms with E-state index in [4.69, 9.17) is 0 Å². The quantitative estimate of drug-likeness (QED) is 0.707. The van der Waals surface area contributed by atoms with Gasteiger partial charge in [0.05, 0.1) is 0 Å². The average molecular weight is 206 g/mol. The molecule has 0 aliphatic heterocycles. The highest BCUT2D eigenvalue weighted by molar-refractivity contribution is 6.39. The molecule has 2 amide bonds. The van der Waals surface area contributed by atoms with E-state index in [2.05, 4.69) is 10.6 Å². The summed E-state index contributed by atoms with van der Waals surface area (Å²) in [7, 11) is 1.42. The van der Waals surface area contributed by atoms with Crippen LogP contribution >= 0.6 is 0 Å². The molecule has 0 heterocycles. The summed E-state index contributed by atoms with van der Waals surface area (Å²) in [5.74, 6) is -1.28. The van der Waals surface area contributed by atoms with E-state index >= 15 is 0 Å². The van der Waals surface area contributed by atoms with Crippen LogP contribution in [0.3, 0.4) is 0 Å². The van der Waals surface area contributed by atoms with E-state index in [0.29, 0.717) is 5.69 Å². The summed E-state index contributed by atoms with van der Waals surface area (Å²) in [6.07, 6.45) is 0.810. The highest BCUT2D eigenvalue weighted by Gasteiger charge is 2.12. The van der Waals surface area contributed by atoms with Gasteiger partial charge in [-0.25, -0.2) is 0 Å². The van der Waals surface area contributed by atoms with Gasteiger partial charge in [-0.05, 0) is 18.1 Å². The van der Waals surface area contributed by atoms with Gasteiger partial charge >= 0.3 is 11.8 Å². The molecule has 0 aliphatic carbocycles. The number of likely N-dealkylation sites (N-methyl/N-ethyl adjacent to an activating group) is 1. The maximum absolute atomic E-state index is 11.3. The number of amides is 2. The minimum Gasteiger partial charge on any atom is -0.351 e. The molecule has 0 aromatic heterocycles. The summed E-state index contributed by atoms with van der Waals surface area (Å²) < 4.78 is 0.